The highest BCUT2D eigenvalue weighted by Crippen LogP contribution is 2.06. The zero-order valence-electron chi connectivity index (χ0n) is 6.20. The predicted octanol–water partition coefficient (Wildman–Crippen LogP) is -0.0508. The minimum atomic E-state index is -0.558. The molecule has 0 aliphatic rings. The Morgan fingerprint density at radius 3 is 3.00 bits per heavy atom. The third kappa shape index (κ3) is 1.62. The largest absolute Gasteiger partial charge is 0.455 e. The molecule has 1 aromatic heterocycles. The molecule has 1 heterocycles. The number of rotatable bonds is 2. The van der Waals surface area contributed by atoms with Gasteiger partial charge in [0.2, 0.25) is 0 Å². The summed E-state index contributed by atoms with van der Waals surface area (Å²) < 4.78 is 4.96. The van der Waals surface area contributed by atoms with Crippen molar-refractivity contribution in [3.05, 3.63) is 23.7 Å². The number of hydrogen-bond acceptors (Lipinski definition) is 4. The van der Waals surface area contributed by atoms with Crippen molar-refractivity contribution in [2.45, 2.75) is 6.54 Å². The molecule has 0 fully saturated rings. The molecule has 0 saturated carbocycles. The quantitative estimate of drug-likeness (QED) is 0.474. The maximum absolute atomic E-state index is 10.9. The van der Waals surface area contributed by atoms with Gasteiger partial charge in [0.25, 0.3) is 5.91 Å². The van der Waals surface area contributed by atoms with Crippen LogP contribution in [0.3, 0.4) is 0 Å². The fourth-order valence-corrected chi connectivity index (χ4v) is 0.722. The van der Waals surface area contributed by atoms with E-state index < -0.39 is 5.91 Å². The van der Waals surface area contributed by atoms with Gasteiger partial charge >= 0.3 is 0 Å². The van der Waals surface area contributed by atoms with Crippen molar-refractivity contribution in [3.8, 4) is 6.19 Å². The summed E-state index contributed by atoms with van der Waals surface area (Å²) in [6.07, 6.45) is 1.50. The second-order valence-electron chi connectivity index (χ2n) is 2.04. The molecular formula is C7H7N3O2. The molecule has 62 valence electrons. The van der Waals surface area contributed by atoms with Crippen LogP contribution < -0.4 is 11.1 Å². The van der Waals surface area contributed by atoms with Gasteiger partial charge in [0.05, 0.1) is 6.54 Å². The third-order valence-corrected chi connectivity index (χ3v) is 1.26. The van der Waals surface area contributed by atoms with Crippen LogP contribution in [0.2, 0.25) is 0 Å². The van der Waals surface area contributed by atoms with Crippen molar-refractivity contribution in [1.82, 2.24) is 5.32 Å². The van der Waals surface area contributed by atoms with Gasteiger partial charge in [-0.25, -0.2) is 0 Å². The van der Waals surface area contributed by atoms with Crippen LogP contribution in [-0.2, 0) is 6.54 Å². The summed E-state index contributed by atoms with van der Waals surface area (Å²) in [5.74, 6) is 0.0484. The smallest absolute Gasteiger partial charge is 0.299 e. The molecule has 1 aromatic rings. The number of nitrogens with one attached hydrogen (secondary N) is 1. The van der Waals surface area contributed by atoms with Gasteiger partial charge in [0.1, 0.15) is 5.76 Å². The average molecular weight is 165 g/mol. The van der Waals surface area contributed by atoms with Crippen LogP contribution in [0.15, 0.2) is 16.5 Å². The van der Waals surface area contributed by atoms with Gasteiger partial charge in [0.15, 0.2) is 12.0 Å². The van der Waals surface area contributed by atoms with Crippen LogP contribution >= 0.6 is 0 Å². The lowest BCUT2D eigenvalue weighted by Gasteiger charge is -1.90. The van der Waals surface area contributed by atoms with Crippen LogP contribution in [-0.4, -0.2) is 5.91 Å². The number of nitriles is 1. The lowest BCUT2D eigenvalue weighted by atomic mass is 10.4. The van der Waals surface area contributed by atoms with E-state index in [9.17, 15) is 4.79 Å². The van der Waals surface area contributed by atoms with Crippen LogP contribution in [0.5, 0.6) is 0 Å². The van der Waals surface area contributed by atoms with Gasteiger partial charge in [-0.15, -0.1) is 0 Å². The molecule has 0 atom stereocenters. The number of carbonyl (C=O) groups excluding carboxylic acids is 1. The molecule has 1 amide bonds. The van der Waals surface area contributed by atoms with E-state index >= 15 is 0 Å². The van der Waals surface area contributed by atoms with Crippen molar-refractivity contribution in [3.63, 3.8) is 0 Å². The molecule has 0 aromatic carbocycles. The first kappa shape index (κ1) is 8.30. The number of furan rings is 1. The molecule has 0 aliphatic carbocycles. The fraction of sp³-hybridized carbons (Fsp3) is 0.143. The second kappa shape index (κ2) is 3.55. The Morgan fingerprint density at radius 1 is 1.75 bits per heavy atom. The van der Waals surface area contributed by atoms with E-state index in [4.69, 9.17) is 15.4 Å². The second-order valence-corrected chi connectivity index (χ2v) is 2.04. The summed E-state index contributed by atoms with van der Waals surface area (Å²) in [6.45, 7) is 0.236. The van der Waals surface area contributed by atoms with Gasteiger partial charge in [-0.05, 0) is 12.1 Å². The Bertz CT molecular complexity index is 324. The molecule has 0 radical (unpaired) electrons. The molecule has 0 saturated heterocycles. The Morgan fingerprint density at radius 2 is 2.50 bits per heavy atom. The van der Waals surface area contributed by atoms with E-state index in [0.29, 0.717) is 5.76 Å². The van der Waals surface area contributed by atoms with Gasteiger partial charge in [-0.1, -0.05) is 0 Å². The van der Waals surface area contributed by atoms with E-state index in [1.165, 1.54) is 12.3 Å². The number of nitrogens with zero attached hydrogens (tertiary/aromatic N) is 1. The summed E-state index contributed by atoms with van der Waals surface area (Å²) in [4.78, 5) is 10.9. The first-order valence-corrected chi connectivity index (χ1v) is 3.26. The number of amides is 1. The maximum Gasteiger partial charge on any atom is 0.299 e. The molecule has 0 bridgehead atoms. The van der Waals surface area contributed by atoms with Gasteiger partial charge < -0.3 is 10.2 Å². The Balaban J connectivity index is 2.76. The fourth-order valence-electron chi connectivity index (χ4n) is 0.722. The first-order valence-electron chi connectivity index (χ1n) is 3.26. The third-order valence-electron chi connectivity index (χ3n) is 1.26. The van der Waals surface area contributed by atoms with Crippen molar-refractivity contribution in [2.75, 3.05) is 0 Å². The predicted molar refractivity (Wildman–Crippen MR) is 39.7 cm³/mol. The first-order chi connectivity index (χ1) is 5.77. The zero-order chi connectivity index (χ0) is 8.97. The lowest BCUT2D eigenvalue weighted by molar-refractivity contribution is 0.0944. The van der Waals surface area contributed by atoms with Crippen molar-refractivity contribution < 1.29 is 9.21 Å². The summed E-state index contributed by atoms with van der Waals surface area (Å²) >= 11 is 0. The highest BCUT2D eigenvalue weighted by molar-refractivity contribution is 5.92. The van der Waals surface area contributed by atoms with Gasteiger partial charge in [-0.3, -0.25) is 10.1 Å². The standard InChI is InChI=1S/C7H7N3O2/c8-3-5-1-2-6(12-5)7(11)10-4-9/h1-2H,3,8H2,(H,10,11). The van der Waals surface area contributed by atoms with Gasteiger partial charge in [-0.2, -0.15) is 5.26 Å². The van der Waals surface area contributed by atoms with E-state index in [-0.39, 0.29) is 12.3 Å². The Kier molecular flexibility index (Phi) is 2.46. The SMILES string of the molecule is N#CNC(=O)c1ccc(CN)o1. The summed E-state index contributed by atoms with van der Waals surface area (Å²) in [7, 11) is 0. The van der Waals surface area contributed by atoms with Crippen molar-refractivity contribution in [2.24, 2.45) is 5.73 Å². The molecule has 3 N–H and O–H groups in total. The van der Waals surface area contributed by atoms with Crippen LogP contribution in [0.1, 0.15) is 16.3 Å². The molecule has 0 unspecified atom stereocenters. The van der Waals surface area contributed by atoms with E-state index in [0.717, 1.165) is 0 Å². The van der Waals surface area contributed by atoms with Crippen LogP contribution in [0.4, 0.5) is 0 Å². The number of hydrogen-bond donors (Lipinski definition) is 2. The topological polar surface area (TPSA) is 92.0 Å². The normalized spacial score (nSPS) is 9.00. The Labute approximate surface area is 68.8 Å². The summed E-state index contributed by atoms with van der Waals surface area (Å²) in [6, 6.07) is 3.06. The van der Waals surface area contributed by atoms with E-state index in [1.54, 1.807) is 6.07 Å². The van der Waals surface area contributed by atoms with Crippen molar-refractivity contribution in [1.29, 1.82) is 5.26 Å². The monoisotopic (exact) mass is 165 g/mol. The number of nitrogens with two attached hydrogens (primary N) is 1. The molecule has 0 aliphatic heterocycles. The number of carbonyl (C=O) groups is 1. The average Bonchev–Trinajstić information content (AvgIpc) is 2.52. The summed E-state index contributed by atoms with van der Waals surface area (Å²) in [5, 5.41) is 10.0. The van der Waals surface area contributed by atoms with Crippen molar-refractivity contribution >= 4 is 5.91 Å². The maximum atomic E-state index is 10.9. The summed E-state index contributed by atoms with van der Waals surface area (Å²) in [5.41, 5.74) is 5.25. The molecule has 1 rings (SSSR count). The van der Waals surface area contributed by atoms with E-state index in [2.05, 4.69) is 0 Å². The Hall–Kier alpha value is -1.80. The zero-order valence-corrected chi connectivity index (χ0v) is 6.20. The van der Waals surface area contributed by atoms with Crippen LogP contribution in [0.25, 0.3) is 0 Å². The molecule has 12 heavy (non-hydrogen) atoms. The van der Waals surface area contributed by atoms with Gasteiger partial charge in [0, 0.05) is 0 Å². The molecule has 5 nitrogen and oxygen atoms in total. The molecule has 0 spiro atoms. The molecule has 5 heteroatoms. The minimum Gasteiger partial charge on any atom is -0.455 e. The highest BCUT2D eigenvalue weighted by atomic mass is 16.4. The molecular weight excluding hydrogens is 158 g/mol. The lowest BCUT2D eigenvalue weighted by Crippen LogP contribution is -2.16. The minimum absolute atomic E-state index is 0.0944. The van der Waals surface area contributed by atoms with Crippen LogP contribution in [0, 0.1) is 11.5 Å². The van der Waals surface area contributed by atoms with E-state index in [1.807, 2.05) is 5.32 Å². The highest BCUT2D eigenvalue weighted by Gasteiger charge is 2.08.